The number of carbonyl (C=O) groups is 1. The van der Waals surface area contributed by atoms with Gasteiger partial charge in [0.2, 0.25) is 0 Å². The fraction of sp³-hybridized carbons (Fsp3) is 0.294. The molecule has 0 fully saturated rings. The van der Waals surface area contributed by atoms with E-state index in [9.17, 15) is 14.4 Å². The lowest BCUT2D eigenvalue weighted by Crippen LogP contribution is -2.20. The summed E-state index contributed by atoms with van der Waals surface area (Å²) in [6.45, 7) is 2.37. The summed E-state index contributed by atoms with van der Waals surface area (Å²) in [5.41, 5.74) is 6.94. The summed E-state index contributed by atoms with van der Waals surface area (Å²) in [7, 11) is 1.74. The second-order valence-corrected chi connectivity index (χ2v) is 6.81. The third-order valence-corrected chi connectivity index (χ3v) is 4.92. The zero-order chi connectivity index (χ0) is 18.6. The maximum absolute atomic E-state index is 14.0. The smallest absolute Gasteiger partial charge is 0.348 e. The monoisotopic (exact) mass is 381 g/mol. The first-order valence-electron chi connectivity index (χ1n) is 7.48. The van der Waals surface area contributed by atoms with Gasteiger partial charge in [-0.05, 0) is 26.1 Å². The number of carbonyl (C=O) groups excluding carboxylic acids is 1. The third-order valence-electron chi connectivity index (χ3n) is 3.52. The summed E-state index contributed by atoms with van der Waals surface area (Å²) >= 11 is 7.07. The van der Waals surface area contributed by atoms with E-state index in [2.05, 4.69) is 0 Å². The minimum absolute atomic E-state index is 0.217. The van der Waals surface area contributed by atoms with Gasteiger partial charge in [-0.2, -0.15) is 5.26 Å². The van der Waals surface area contributed by atoms with Crippen LogP contribution in [0.3, 0.4) is 0 Å². The molecule has 1 aromatic carbocycles. The molecule has 0 atom stereocenters. The Bertz CT molecular complexity index is 812. The van der Waals surface area contributed by atoms with Crippen molar-refractivity contribution in [3.63, 3.8) is 0 Å². The van der Waals surface area contributed by atoms with Crippen molar-refractivity contribution in [1.82, 2.24) is 4.90 Å². The van der Waals surface area contributed by atoms with Crippen molar-refractivity contribution >= 4 is 33.9 Å². The Balaban J connectivity index is 2.30. The number of rotatable bonds is 6. The van der Waals surface area contributed by atoms with Gasteiger partial charge in [-0.1, -0.05) is 17.7 Å². The van der Waals surface area contributed by atoms with Gasteiger partial charge in [0.1, 0.15) is 21.8 Å². The first-order valence-corrected chi connectivity index (χ1v) is 8.68. The number of nitrogens with two attached hydrogens (primary N) is 1. The average Bonchev–Trinajstić information content (AvgIpc) is 2.87. The maximum Gasteiger partial charge on any atom is 0.348 e. The van der Waals surface area contributed by atoms with Crippen LogP contribution >= 0.6 is 22.9 Å². The van der Waals surface area contributed by atoms with Crippen molar-refractivity contribution in [2.24, 2.45) is 0 Å². The molecule has 132 valence electrons. The molecule has 0 aliphatic heterocycles. The summed E-state index contributed by atoms with van der Waals surface area (Å²) in [5.74, 6) is -0.927. The molecule has 0 aliphatic rings. The quantitative estimate of drug-likeness (QED) is 0.770. The summed E-state index contributed by atoms with van der Waals surface area (Å²) in [5, 5.41) is 9.92. The van der Waals surface area contributed by atoms with Gasteiger partial charge in [0.05, 0.1) is 12.2 Å². The van der Waals surface area contributed by atoms with Crippen molar-refractivity contribution in [3.8, 4) is 6.07 Å². The number of nitrogen functional groups attached to an aromatic ring is 1. The average molecular weight is 382 g/mol. The Morgan fingerprint density at radius 1 is 1.44 bits per heavy atom. The SMILES string of the molecule is CCOC(=O)c1sc(N)c(C#N)c1CN(C)Cc1c(F)cccc1Cl. The van der Waals surface area contributed by atoms with Crippen LogP contribution in [0.5, 0.6) is 0 Å². The van der Waals surface area contributed by atoms with Crippen LogP contribution in [0, 0.1) is 17.1 Å². The predicted octanol–water partition coefficient (Wildman–Crippen LogP) is 3.80. The minimum Gasteiger partial charge on any atom is -0.462 e. The fourth-order valence-electron chi connectivity index (χ4n) is 2.40. The topological polar surface area (TPSA) is 79.3 Å². The minimum atomic E-state index is -0.520. The highest BCUT2D eigenvalue weighted by molar-refractivity contribution is 7.18. The van der Waals surface area contributed by atoms with E-state index >= 15 is 0 Å². The normalized spacial score (nSPS) is 10.7. The lowest BCUT2D eigenvalue weighted by molar-refractivity contribution is 0.0530. The number of halogens is 2. The lowest BCUT2D eigenvalue weighted by atomic mass is 10.1. The van der Waals surface area contributed by atoms with Gasteiger partial charge in [-0.15, -0.1) is 11.3 Å². The zero-order valence-electron chi connectivity index (χ0n) is 13.8. The van der Waals surface area contributed by atoms with Gasteiger partial charge < -0.3 is 10.5 Å². The summed E-state index contributed by atoms with van der Waals surface area (Å²) in [6.07, 6.45) is 0. The molecule has 0 unspecified atom stereocenters. The second kappa shape index (κ2) is 8.30. The van der Waals surface area contributed by atoms with E-state index in [1.54, 1.807) is 24.9 Å². The van der Waals surface area contributed by atoms with E-state index in [0.717, 1.165) is 11.3 Å². The molecule has 0 radical (unpaired) electrons. The van der Waals surface area contributed by atoms with E-state index in [4.69, 9.17) is 22.1 Å². The number of benzene rings is 1. The Morgan fingerprint density at radius 3 is 2.72 bits per heavy atom. The first kappa shape index (κ1) is 19.2. The number of ether oxygens (including phenoxy) is 1. The number of nitrogens with zero attached hydrogens (tertiary/aromatic N) is 2. The number of anilines is 1. The van der Waals surface area contributed by atoms with Gasteiger partial charge in [0.15, 0.2) is 0 Å². The summed E-state index contributed by atoms with van der Waals surface area (Å²) in [6, 6.07) is 6.51. The lowest BCUT2D eigenvalue weighted by Gasteiger charge is -2.18. The Morgan fingerprint density at radius 2 is 2.12 bits per heavy atom. The maximum atomic E-state index is 14.0. The van der Waals surface area contributed by atoms with Gasteiger partial charge in [-0.25, -0.2) is 9.18 Å². The van der Waals surface area contributed by atoms with Gasteiger partial charge in [0, 0.05) is 29.2 Å². The van der Waals surface area contributed by atoms with Crippen LogP contribution in [0.15, 0.2) is 18.2 Å². The van der Waals surface area contributed by atoms with Gasteiger partial charge in [-0.3, -0.25) is 4.90 Å². The number of esters is 1. The number of hydrogen-bond donors (Lipinski definition) is 1. The standard InChI is InChI=1S/C17H17ClFN3O2S/c1-3-24-17(23)15-11(10(7-20)16(21)25-15)8-22(2)9-12-13(18)5-4-6-14(12)19/h4-6H,3,8-9,21H2,1-2H3. The van der Waals surface area contributed by atoms with Crippen molar-refractivity contribution in [2.45, 2.75) is 20.0 Å². The first-order chi connectivity index (χ1) is 11.9. The van der Waals surface area contributed by atoms with Gasteiger partial charge in [0.25, 0.3) is 0 Å². The Kier molecular flexibility index (Phi) is 6.37. The molecule has 0 amide bonds. The van der Waals surface area contributed by atoms with E-state index in [0.29, 0.717) is 21.0 Å². The van der Waals surface area contributed by atoms with Crippen LogP contribution in [0.1, 0.15) is 33.3 Å². The molecule has 1 aromatic heterocycles. The molecule has 0 spiro atoms. The molecular weight excluding hydrogens is 365 g/mol. The molecule has 5 nitrogen and oxygen atoms in total. The number of nitriles is 1. The highest BCUT2D eigenvalue weighted by atomic mass is 35.5. The molecular formula is C17H17ClFN3O2S. The molecule has 0 aliphatic carbocycles. The third kappa shape index (κ3) is 4.28. The van der Waals surface area contributed by atoms with Gasteiger partial charge >= 0.3 is 5.97 Å². The van der Waals surface area contributed by atoms with Crippen molar-refractivity contribution in [2.75, 3.05) is 19.4 Å². The molecule has 0 saturated carbocycles. The van der Waals surface area contributed by atoms with E-state index in [1.165, 1.54) is 12.1 Å². The van der Waals surface area contributed by atoms with E-state index < -0.39 is 11.8 Å². The predicted molar refractivity (Wildman–Crippen MR) is 96.0 cm³/mol. The van der Waals surface area contributed by atoms with Crippen molar-refractivity contribution in [1.29, 1.82) is 5.26 Å². The molecule has 0 bridgehead atoms. The molecule has 2 N–H and O–H groups in total. The van der Waals surface area contributed by atoms with Crippen LogP contribution in [-0.2, 0) is 17.8 Å². The molecule has 1 heterocycles. The zero-order valence-corrected chi connectivity index (χ0v) is 15.4. The second-order valence-electron chi connectivity index (χ2n) is 5.35. The molecule has 2 aromatic rings. The highest BCUT2D eigenvalue weighted by Gasteiger charge is 2.24. The number of hydrogen-bond acceptors (Lipinski definition) is 6. The van der Waals surface area contributed by atoms with Crippen molar-refractivity contribution < 1.29 is 13.9 Å². The summed E-state index contributed by atoms with van der Waals surface area (Å²) in [4.78, 5) is 14.2. The fourth-order valence-corrected chi connectivity index (χ4v) is 3.54. The highest BCUT2D eigenvalue weighted by Crippen LogP contribution is 2.32. The van der Waals surface area contributed by atoms with Crippen molar-refractivity contribution in [3.05, 3.63) is 50.6 Å². The van der Waals surface area contributed by atoms with E-state index in [1.807, 2.05) is 6.07 Å². The molecule has 0 saturated heterocycles. The molecule has 8 heteroatoms. The van der Waals surface area contributed by atoms with E-state index in [-0.39, 0.29) is 30.3 Å². The Hall–Kier alpha value is -2.14. The van der Waals surface area contributed by atoms with Crippen LogP contribution in [0.25, 0.3) is 0 Å². The molecule has 25 heavy (non-hydrogen) atoms. The Labute approximate surface area is 154 Å². The number of thiophene rings is 1. The molecule has 2 rings (SSSR count). The van der Waals surface area contributed by atoms with Crippen LogP contribution in [-0.4, -0.2) is 24.5 Å². The largest absolute Gasteiger partial charge is 0.462 e. The summed E-state index contributed by atoms with van der Waals surface area (Å²) < 4.78 is 19.0. The van der Waals surface area contributed by atoms with Crippen LogP contribution in [0.2, 0.25) is 5.02 Å². The van der Waals surface area contributed by atoms with Crippen LogP contribution < -0.4 is 5.73 Å². The van der Waals surface area contributed by atoms with Crippen LogP contribution in [0.4, 0.5) is 9.39 Å².